The summed E-state index contributed by atoms with van der Waals surface area (Å²) in [5.74, 6) is 0.670. The molecule has 20 heavy (non-hydrogen) atoms. The second-order valence-corrected chi connectivity index (χ2v) is 7.39. The SMILES string of the molecule is COC(c1nc(C)c(CNC2CC2)s1)C1CCCCC1. The average molecular weight is 294 g/mol. The van der Waals surface area contributed by atoms with Gasteiger partial charge < -0.3 is 10.1 Å². The standard InChI is InChI=1S/C16H26N2OS/c1-11-14(10-17-13-8-9-13)20-16(18-11)15(19-2)12-6-4-3-5-7-12/h12-13,15,17H,3-10H2,1-2H3. The van der Waals surface area contributed by atoms with E-state index >= 15 is 0 Å². The Morgan fingerprint density at radius 2 is 2.00 bits per heavy atom. The Bertz CT molecular complexity index is 436. The van der Waals surface area contributed by atoms with E-state index in [1.165, 1.54) is 60.5 Å². The van der Waals surface area contributed by atoms with Gasteiger partial charge in [0.15, 0.2) is 0 Å². The molecule has 0 radical (unpaired) electrons. The molecule has 0 bridgehead atoms. The molecule has 3 nitrogen and oxygen atoms in total. The van der Waals surface area contributed by atoms with Crippen molar-refractivity contribution >= 4 is 11.3 Å². The molecular formula is C16H26N2OS. The highest BCUT2D eigenvalue weighted by atomic mass is 32.1. The normalized spacial score (nSPS) is 22.1. The van der Waals surface area contributed by atoms with Crippen LogP contribution in [0.15, 0.2) is 0 Å². The van der Waals surface area contributed by atoms with Gasteiger partial charge >= 0.3 is 0 Å². The minimum Gasteiger partial charge on any atom is -0.374 e. The molecule has 2 aliphatic rings. The molecule has 2 fully saturated rings. The Morgan fingerprint density at radius 3 is 2.65 bits per heavy atom. The first kappa shape index (κ1) is 14.5. The Balaban J connectivity index is 1.68. The maximum absolute atomic E-state index is 5.81. The van der Waals surface area contributed by atoms with E-state index in [-0.39, 0.29) is 6.10 Å². The summed E-state index contributed by atoms with van der Waals surface area (Å²) in [6.07, 6.45) is 9.59. The topological polar surface area (TPSA) is 34.1 Å². The largest absolute Gasteiger partial charge is 0.374 e. The molecule has 0 aromatic carbocycles. The first-order chi connectivity index (χ1) is 9.78. The monoisotopic (exact) mass is 294 g/mol. The summed E-state index contributed by atoms with van der Waals surface area (Å²) in [5.41, 5.74) is 1.19. The van der Waals surface area contributed by atoms with Crippen LogP contribution in [0.5, 0.6) is 0 Å². The highest BCUT2D eigenvalue weighted by Gasteiger charge is 2.28. The van der Waals surface area contributed by atoms with E-state index in [1.807, 2.05) is 18.4 Å². The van der Waals surface area contributed by atoms with Crippen molar-refractivity contribution in [2.75, 3.05) is 7.11 Å². The minimum atomic E-state index is 0.216. The van der Waals surface area contributed by atoms with Crippen LogP contribution >= 0.6 is 11.3 Å². The number of aromatic nitrogens is 1. The summed E-state index contributed by atoms with van der Waals surface area (Å²) >= 11 is 1.86. The Kier molecular flexibility index (Phi) is 4.74. The average Bonchev–Trinajstić information content (AvgIpc) is 3.23. The third-order valence-corrected chi connectivity index (χ3v) is 5.83. The molecule has 1 heterocycles. The van der Waals surface area contributed by atoms with E-state index in [0.29, 0.717) is 5.92 Å². The van der Waals surface area contributed by atoms with E-state index < -0.39 is 0 Å². The molecular weight excluding hydrogens is 268 g/mol. The lowest BCUT2D eigenvalue weighted by Crippen LogP contribution is -2.17. The molecule has 1 aromatic rings. The number of nitrogens with zero attached hydrogens (tertiary/aromatic N) is 1. The van der Waals surface area contributed by atoms with Crippen LogP contribution in [-0.4, -0.2) is 18.1 Å². The minimum absolute atomic E-state index is 0.216. The Labute approximate surface area is 126 Å². The van der Waals surface area contributed by atoms with Crippen molar-refractivity contribution in [3.05, 3.63) is 15.6 Å². The maximum atomic E-state index is 5.81. The van der Waals surface area contributed by atoms with Crippen LogP contribution in [0.25, 0.3) is 0 Å². The van der Waals surface area contributed by atoms with Crippen LogP contribution in [0.4, 0.5) is 0 Å². The van der Waals surface area contributed by atoms with Gasteiger partial charge in [-0.05, 0) is 38.5 Å². The molecule has 0 aliphatic heterocycles. The summed E-state index contributed by atoms with van der Waals surface area (Å²) in [6, 6.07) is 0.761. The third kappa shape index (κ3) is 3.41. The molecule has 1 unspecified atom stereocenters. The molecule has 2 saturated carbocycles. The smallest absolute Gasteiger partial charge is 0.122 e. The van der Waals surface area contributed by atoms with Crippen LogP contribution < -0.4 is 5.32 Å². The van der Waals surface area contributed by atoms with Gasteiger partial charge in [0.05, 0.1) is 5.69 Å². The lowest BCUT2D eigenvalue weighted by molar-refractivity contribution is 0.0352. The van der Waals surface area contributed by atoms with Gasteiger partial charge in [-0.3, -0.25) is 0 Å². The van der Waals surface area contributed by atoms with E-state index in [2.05, 4.69) is 12.2 Å². The van der Waals surface area contributed by atoms with Gasteiger partial charge in [-0.2, -0.15) is 0 Å². The lowest BCUT2D eigenvalue weighted by Gasteiger charge is -2.27. The van der Waals surface area contributed by atoms with E-state index in [4.69, 9.17) is 9.72 Å². The number of nitrogens with one attached hydrogen (secondary N) is 1. The van der Waals surface area contributed by atoms with Crippen LogP contribution in [0.2, 0.25) is 0 Å². The van der Waals surface area contributed by atoms with Crippen LogP contribution in [-0.2, 0) is 11.3 Å². The van der Waals surface area contributed by atoms with Crippen LogP contribution in [0, 0.1) is 12.8 Å². The summed E-state index contributed by atoms with van der Waals surface area (Å²) in [6.45, 7) is 3.12. The van der Waals surface area contributed by atoms with Gasteiger partial charge in [-0.15, -0.1) is 11.3 Å². The summed E-state index contributed by atoms with van der Waals surface area (Å²) in [7, 11) is 1.85. The number of hydrogen-bond acceptors (Lipinski definition) is 4. The molecule has 1 aromatic heterocycles. The van der Waals surface area contributed by atoms with Gasteiger partial charge in [0.1, 0.15) is 11.1 Å². The number of aryl methyl sites for hydroxylation is 1. The molecule has 3 rings (SSSR count). The summed E-state index contributed by atoms with van der Waals surface area (Å²) < 4.78 is 5.81. The van der Waals surface area contributed by atoms with E-state index in [0.717, 1.165) is 12.6 Å². The number of hydrogen-bond donors (Lipinski definition) is 1. The quantitative estimate of drug-likeness (QED) is 0.862. The summed E-state index contributed by atoms with van der Waals surface area (Å²) in [5, 5.41) is 4.79. The Morgan fingerprint density at radius 1 is 1.25 bits per heavy atom. The van der Waals surface area contributed by atoms with E-state index in [9.17, 15) is 0 Å². The van der Waals surface area contributed by atoms with Crippen molar-refractivity contribution in [1.82, 2.24) is 10.3 Å². The Hall–Kier alpha value is -0.450. The van der Waals surface area contributed by atoms with Crippen molar-refractivity contribution in [1.29, 1.82) is 0 Å². The molecule has 0 saturated heterocycles. The van der Waals surface area contributed by atoms with Gasteiger partial charge in [-0.1, -0.05) is 19.3 Å². The number of methoxy groups -OCH3 is 1. The molecule has 2 aliphatic carbocycles. The first-order valence-corrected chi connectivity index (χ1v) is 8.82. The van der Waals surface area contributed by atoms with Gasteiger partial charge in [-0.25, -0.2) is 4.98 Å². The van der Waals surface area contributed by atoms with E-state index in [1.54, 1.807) is 0 Å². The zero-order valence-corrected chi connectivity index (χ0v) is 13.5. The van der Waals surface area contributed by atoms with Crippen molar-refractivity contribution in [2.24, 2.45) is 5.92 Å². The number of thiazole rings is 1. The molecule has 1 N–H and O–H groups in total. The second-order valence-electron chi connectivity index (χ2n) is 6.27. The number of ether oxygens (including phenoxy) is 1. The molecule has 112 valence electrons. The van der Waals surface area contributed by atoms with Crippen LogP contribution in [0.3, 0.4) is 0 Å². The van der Waals surface area contributed by atoms with Crippen molar-refractivity contribution in [3.8, 4) is 0 Å². The third-order valence-electron chi connectivity index (χ3n) is 4.61. The maximum Gasteiger partial charge on any atom is 0.122 e. The molecule has 4 heteroatoms. The lowest BCUT2D eigenvalue weighted by atomic mass is 9.85. The molecule has 0 spiro atoms. The van der Waals surface area contributed by atoms with Gasteiger partial charge in [0.2, 0.25) is 0 Å². The summed E-state index contributed by atoms with van der Waals surface area (Å²) in [4.78, 5) is 6.20. The predicted octanol–water partition coefficient (Wildman–Crippen LogP) is 3.97. The van der Waals surface area contributed by atoms with Crippen molar-refractivity contribution < 1.29 is 4.74 Å². The highest BCUT2D eigenvalue weighted by molar-refractivity contribution is 7.11. The van der Waals surface area contributed by atoms with Crippen molar-refractivity contribution in [2.45, 2.75) is 70.6 Å². The first-order valence-electron chi connectivity index (χ1n) is 8.00. The zero-order valence-electron chi connectivity index (χ0n) is 12.7. The fourth-order valence-electron chi connectivity index (χ4n) is 3.19. The molecule has 1 atom stereocenters. The number of rotatable bonds is 6. The van der Waals surface area contributed by atoms with Gasteiger partial charge in [0.25, 0.3) is 0 Å². The van der Waals surface area contributed by atoms with Crippen molar-refractivity contribution in [3.63, 3.8) is 0 Å². The highest BCUT2D eigenvalue weighted by Crippen LogP contribution is 2.38. The zero-order chi connectivity index (χ0) is 13.9. The van der Waals surface area contributed by atoms with Crippen LogP contribution in [0.1, 0.15) is 66.6 Å². The second kappa shape index (κ2) is 6.54. The van der Waals surface area contributed by atoms with Gasteiger partial charge in [0, 0.05) is 24.6 Å². The fraction of sp³-hybridized carbons (Fsp3) is 0.812. The molecule has 0 amide bonds. The predicted molar refractivity (Wildman–Crippen MR) is 83.0 cm³/mol. The fourth-order valence-corrected chi connectivity index (χ4v) is 4.38.